The molecule has 1 atom stereocenters. The Morgan fingerprint density at radius 1 is 1.36 bits per heavy atom. The van der Waals surface area contributed by atoms with Crippen LogP contribution in [-0.2, 0) is 0 Å². The molecular formula is C14H19F3N2O3. The summed E-state index contributed by atoms with van der Waals surface area (Å²) < 4.78 is 40.1. The summed E-state index contributed by atoms with van der Waals surface area (Å²) >= 11 is 0. The molecular weight excluding hydrogens is 301 g/mol. The van der Waals surface area contributed by atoms with Crippen LogP contribution in [0.4, 0.5) is 23.7 Å². The molecule has 0 radical (unpaired) electrons. The van der Waals surface area contributed by atoms with Gasteiger partial charge in [-0.2, -0.15) is 0 Å². The summed E-state index contributed by atoms with van der Waals surface area (Å²) in [6.45, 7) is 5.19. The van der Waals surface area contributed by atoms with E-state index in [4.69, 9.17) is 0 Å². The smallest absolute Gasteiger partial charge is 0.406 e. The highest BCUT2D eigenvalue weighted by Crippen LogP contribution is 2.25. The summed E-state index contributed by atoms with van der Waals surface area (Å²) in [5, 5.41) is 14.8. The van der Waals surface area contributed by atoms with Crippen LogP contribution < -0.4 is 15.4 Å². The molecule has 0 aromatic heterocycles. The normalized spacial score (nSPS) is 14.4. The van der Waals surface area contributed by atoms with Crippen LogP contribution in [0, 0.1) is 5.92 Å². The quantitative estimate of drug-likeness (QED) is 0.780. The number of aliphatic hydroxyl groups is 1. The van der Waals surface area contributed by atoms with E-state index in [9.17, 15) is 23.1 Å². The molecule has 0 aliphatic rings. The van der Waals surface area contributed by atoms with E-state index in [0.717, 1.165) is 12.1 Å². The van der Waals surface area contributed by atoms with Gasteiger partial charge in [-0.3, -0.25) is 0 Å². The minimum atomic E-state index is -4.79. The van der Waals surface area contributed by atoms with Gasteiger partial charge in [0.25, 0.3) is 0 Å². The van der Waals surface area contributed by atoms with E-state index < -0.39 is 23.7 Å². The van der Waals surface area contributed by atoms with Crippen molar-refractivity contribution in [1.29, 1.82) is 0 Å². The van der Waals surface area contributed by atoms with E-state index in [2.05, 4.69) is 15.4 Å². The number of urea groups is 1. The van der Waals surface area contributed by atoms with Gasteiger partial charge in [-0.05, 0) is 25.0 Å². The lowest BCUT2D eigenvalue weighted by molar-refractivity contribution is -0.274. The molecule has 1 rings (SSSR count). The summed E-state index contributed by atoms with van der Waals surface area (Å²) in [5.74, 6) is -0.504. The van der Waals surface area contributed by atoms with Gasteiger partial charge in [0.05, 0.1) is 5.60 Å². The van der Waals surface area contributed by atoms with Crippen molar-refractivity contribution < 1.29 is 27.8 Å². The number of carbonyl (C=O) groups excluding carboxylic acids is 1. The zero-order valence-corrected chi connectivity index (χ0v) is 12.5. The van der Waals surface area contributed by atoms with Crippen molar-refractivity contribution in [2.75, 3.05) is 11.9 Å². The third-order valence-electron chi connectivity index (χ3n) is 3.18. The van der Waals surface area contributed by atoms with Gasteiger partial charge in [0.2, 0.25) is 0 Å². The fourth-order valence-corrected chi connectivity index (χ4v) is 1.41. The highest BCUT2D eigenvalue weighted by atomic mass is 19.4. The standard InChI is InChI=1S/C14H19F3N2O3/c1-9(2)13(3,21)8-18-12(20)19-10-5-4-6-11(7-10)22-14(15,16)17/h4-7,9,21H,8H2,1-3H3,(H2,18,19,20). The van der Waals surface area contributed by atoms with Crippen molar-refractivity contribution in [1.82, 2.24) is 5.32 Å². The van der Waals surface area contributed by atoms with Gasteiger partial charge < -0.3 is 20.5 Å². The maximum absolute atomic E-state index is 12.1. The topological polar surface area (TPSA) is 70.6 Å². The monoisotopic (exact) mass is 320 g/mol. The summed E-state index contributed by atoms with van der Waals surface area (Å²) in [6, 6.07) is 4.28. The molecule has 0 aliphatic heterocycles. The maximum Gasteiger partial charge on any atom is 0.573 e. The molecule has 1 aromatic rings. The van der Waals surface area contributed by atoms with Crippen LogP contribution in [0.1, 0.15) is 20.8 Å². The van der Waals surface area contributed by atoms with Gasteiger partial charge in [0.15, 0.2) is 0 Å². The molecule has 0 heterocycles. The third-order valence-corrected chi connectivity index (χ3v) is 3.18. The maximum atomic E-state index is 12.1. The minimum Gasteiger partial charge on any atom is -0.406 e. The van der Waals surface area contributed by atoms with Crippen molar-refractivity contribution in [2.45, 2.75) is 32.7 Å². The van der Waals surface area contributed by atoms with Crippen LogP contribution in [-0.4, -0.2) is 29.6 Å². The average molecular weight is 320 g/mol. The molecule has 22 heavy (non-hydrogen) atoms. The van der Waals surface area contributed by atoms with E-state index in [1.54, 1.807) is 20.8 Å². The fraction of sp³-hybridized carbons (Fsp3) is 0.500. The van der Waals surface area contributed by atoms with Crippen molar-refractivity contribution in [3.8, 4) is 5.75 Å². The fourth-order valence-electron chi connectivity index (χ4n) is 1.41. The second kappa shape index (κ2) is 6.87. The van der Waals surface area contributed by atoms with E-state index in [1.807, 2.05) is 0 Å². The van der Waals surface area contributed by atoms with Crippen LogP contribution in [0.25, 0.3) is 0 Å². The molecule has 0 fully saturated rings. The zero-order chi connectivity index (χ0) is 17.0. The first kappa shape index (κ1) is 18.1. The van der Waals surface area contributed by atoms with E-state index in [0.29, 0.717) is 0 Å². The number of carbonyl (C=O) groups is 1. The molecule has 1 aromatic carbocycles. The number of rotatable bonds is 5. The number of amides is 2. The Hall–Kier alpha value is -1.96. The van der Waals surface area contributed by atoms with Crippen LogP contribution in [0.3, 0.4) is 0 Å². The Labute approximate surface area is 126 Å². The Balaban J connectivity index is 2.60. The molecule has 0 saturated carbocycles. The molecule has 8 heteroatoms. The summed E-state index contributed by atoms with van der Waals surface area (Å²) in [5.41, 5.74) is -0.943. The molecule has 1 unspecified atom stereocenters. The van der Waals surface area contributed by atoms with Crippen molar-refractivity contribution >= 4 is 11.7 Å². The first-order chi connectivity index (χ1) is 9.99. The highest BCUT2D eigenvalue weighted by molar-refractivity contribution is 5.89. The van der Waals surface area contributed by atoms with Crippen molar-refractivity contribution in [2.24, 2.45) is 5.92 Å². The molecule has 0 spiro atoms. The second-order valence-corrected chi connectivity index (χ2v) is 5.40. The van der Waals surface area contributed by atoms with Gasteiger partial charge in [-0.25, -0.2) is 4.79 Å². The first-order valence-corrected chi connectivity index (χ1v) is 6.62. The number of ether oxygens (including phenoxy) is 1. The number of alkyl halides is 3. The highest BCUT2D eigenvalue weighted by Gasteiger charge is 2.31. The Morgan fingerprint density at radius 2 is 2.00 bits per heavy atom. The molecule has 3 N–H and O–H groups in total. The number of benzene rings is 1. The van der Waals surface area contributed by atoms with Gasteiger partial charge in [0.1, 0.15) is 5.75 Å². The number of anilines is 1. The van der Waals surface area contributed by atoms with Crippen LogP contribution >= 0.6 is 0 Å². The van der Waals surface area contributed by atoms with E-state index >= 15 is 0 Å². The zero-order valence-electron chi connectivity index (χ0n) is 12.5. The molecule has 124 valence electrons. The van der Waals surface area contributed by atoms with E-state index in [-0.39, 0.29) is 18.2 Å². The predicted octanol–water partition coefficient (Wildman–Crippen LogP) is 3.11. The molecule has 0 saturated heterocycles. The Bertz CT molecular complexity index is 516. The third kappa shape index (κ3) is 6.21. The Morgan fingerprint density at radius 3 is 2.55 bits per heavy atom. The molecule has 5 nitrogen and oxygen atoms in total. The van der Waals surface area contributed by atoms with E-state index in [1.165, 1.54) is 12.1 Å². The first-order valence-electron chi connectivity index (χ1n) is 6.62. The Kier molecular flexibility index (Phi) is 5.65. The number of halogens is 3. The SMILES string of the molecule is CC(C)C(C)(O)CNC(=O)Nc1cccc(OC(F)(F)F)c1. The van der Waals surface area contributed by atoms with Crippen molar-refractivity contribution in [3.63, 3.8) is 0 Å². The minimum absolute atomic E-state index is 0.00917. The number of hydrogen-bond donors (Lipinski definition) is 3. The van der Waals surface area contributed by atoms with Crippen LogP contribution in [0.15, 0.2) is 24.3 Å². The largest absolute Gasteiger partial charge is 0.573 e. The number of hydrogen-bond acceptors (Lipinski definition) is 3. The summed E-state index contributed by atoms with van der Waals surface area (Å²) in [7, 11) is 0. The van der Waals surface area contributed by atoms with Gasteiger partial charge in [0, 0.05) is 18.3 Å². The predicted molar refractivity (Wildman–Crippen MR) is 75.6 cm³/mol. The second-order valence-electron chi connectivity index (χ2n) is 5.40. The average Bonchev–Trinajstić information content (AvgIpc) is 2.34. The summed E-state index contributed by atoms with van der Waals surface area (Å²) in [4.78, 5) is 11.7. The van der Waals surface area contributed by atoms with Crippen molar-refractivity contribution in [3.05, 3.63) is 24.3 Å². The van der Waals surface area contributed by atoms with Gasteiger partial charge in [-0.1, -0.05) is 19.9 Å². The number of nitrogens with one attached hydrogen (secondary N) is 2. The lowest BCUT2D eigenvalue weighted by Gasteiger charge is -2.27. The lowest BCUT2D eigenvalue weighted by Crippen LogP contribution is -2.45. The summed E-state index contributed by atoms with van der Waals surface area (Å²) in [6.07, 6.45) is -4.79. The lowest BCUT2D eigenvalue weighted by atomic mass is 9.93. The molecule has 0 bridgehead atoms. The van der Waals surface area contributed by atoms with Crippen LogP contribution in [0.2, 0.25) is 0 Å². The van der Waals surface area contributed by atoms with Gasteiger partial charge in [-0.15, -0.1) is 13.2 Å². The van der Waals surface area contributed by atoms with Crippen LogP contribution in [0.5, 0.6) is 5.75 Å². The molecule has 2 amide bonds. The van der Waals surface area contributed by atoms with Gasteiger partial charge >= 0.3 is 12.4 Å². The molecule has 0 aliphatic carbocycles.